The van der Waals surface area contributed by atoms with Crippen LogP contribution in [0.2, 0.25) is 0 Å². The largest absolute Gasteiger partial charge is 0.253 e. The first-order valence-electron chi connectivity index (χ1n) is 4.67. The normalized spacial score (nSPS) is 10.2. The Balaban J connectivity index is 2.36. The van der Waals surface area contributed by atoms with E-state index in [-0.39, 0.29) is 12.4 Å². The van der Waals surface area contributed by atoms with Crippen molar-refractivity contribution in [3.8, 4) is 6.07 Å². The van der Waals surface area contributed by atoms with E-state index < -0.39 is 0 Å². The second kappa shape index (κ2) is 4.98. The Morgan fingerprint density at radius 3 is 2.71 bits per heavy atom. The molecule has 0 aliphatic heterocycles. The molecule has 0 fully saturated rings. The van der Waals surface area contributed by atoms with Crippen LogP contribution in [-0.2, 0) is 6.54 Å². The fraction of sp³-hybridized carbons (Fsp3) is 0.0909. The molecule has 6 heteroatoms. The molecular weight excluding hydrogens is 353 g/mol. The highest BCUT2D eigenvalue weighted by Gasteiger charge is 2.08. The van der Waals surface area contributed by atoms with E-state index in [0.29, 0.717) is 15.7 Å². The lowest BCUT2D eigenvalue weighted by atomic mass is 10.1. The maximum Gasteiger partial charge on any atom is 0.129 e. The smallest absolute Gasteiger partial charge is 0.129 e. The fourth-order valence-electron chi connectivity index (χ4n) is 1.40. The summed E-state index contributed by atoms with van der Waals surface area (Å²) in [6, 6.07) is 8.02. The molecule has 0 amide bonds. The predicted molar refractivity (Wildman–Crippen MR) is 67.8 cm³/mol. The first-order valence-corrected chi connectivity index (χ1v) is 6.26. The average molecular weight is 359 g/mol. The molecule has 0 saturated heterocycles. The van der Waals surface area contributed by atoms with Crippen LogP contribution < -0.4 is 0 Å². The molecule has 0 bridgehead atoms. The van der Waals surface area contributed by atoms with Gasteiger partial charge in [-0.15, -0.1) is 0 Å². The quantitative estimate of drug-likeness (QED) is 0.824. The SMILES string of the molecule is N#Cc1ccc(F)c(Cn2nc(Br)cc2Br)c1. The standard InChI is InChI=1S/C11H6Br2FN3/c12-10-4-11(13)17(16-10)6-8-3-7(5-15)1-2-9(8)14/h1-4H,6H2. The van der Waals surface area contributed by atoms with Gasteiger partial charge in [0.05, 0.1) is 18.2 Å². The van der Waals surface area contributed by atoms with E-state index in [0.717, 1.165) is 4.60 Å². The van der Waals surface area contributed by atoms with Gasteiger partial charge >= 0.3 is 0 Å². The highest BCUT2D eigenvalue weighted by molar-refractivity contribution is 9.11. The summed E-state index contributed by atoms with van der Waals surface area (Å²) in [4.78, 5) is 0. The molecule has 0 saturated carbocycles. The number of benzene rings is 1. The molecule has 0 atom stereocenters. The minimum absolute atomic E-state index is 0.271. The summed E-state index contributed by atoms with van der Waals surface area (Å²) in [6.07, 6.45) is 0. The van der Waals surface area contributed by atoms with E-state index in [2.05, 4.69) is 37.0 Å². The average Bonchev–Trinajstić information content (AvgIpc) is 2.60. The Kier molecular flexibility index (Phi) is 3.60. The summed E-state index contributed by atoms with van der Waals surface area (Å²) in [5, 5.41) is 12.9. The van der Waals surface area contributed by atoms with Gasteiger partial charge in [0.25, 0.3) is 0 Å². The molecular formula is C11H6Br2FN3. The minimum atomic E-state index is -0.345. The van der Waals surface area contributed by atoms with Crippen molar-refractivity contribution >= 4 is 31.9 Å². The van der Waals surface area contributed by atoms with Crippen LogP contribution in [0.4, 0.5) is 4.39 Å². The summed E-state index contributed by atoms with van der Waals surface area (Å²) in [5.41, 5.74) is 0.865. The number of halogens is 3. The van der Waals surface area contributed by atoms with Crippen molar-refractivity contribution in [2.24, 2.45) is 0 Å². The molecule has 1 aromatic heterocycles. The van der Waals surface area contributed by atoms with Gasteiger partial charge in [-0.2, -0.15) is 10.4 Å². The predicted octanol–water partition coefficient (Wildman–Crippen LogP) is 3.47. The summed E-state index contributed by atoms with van der Waals surface area (Å²) in [5.74, 6) is -0.345. The van der Waals surface area contributed by atoms with E-state index in [4.69, 9.17) is 5.26 Å². The van der Waals surface area contributed by atoms with Crippen LogP contribution in [0.15, 0.2) is 33.5 Å². The number of nitriles is 1. The molecule has 2 aromatic rings. The van der Waals surface area contributed by atoms with E-state index in [1.54, 1.807) is 10.7 Å². The van der Waals surface area contributed by atoms with Crippen LogP contribution in [0.3, 0.4) is 0 Å². The summed E-state index contributed by atoms with van der Waals surface area (Å²) in [7, 11) is 0. The third kappa shape index (κ3) is 2.73. The highest BCUT2D eigenvalue weighted by Crippen LogP contribution is 2.19. The van der Waals surface area contributed by atoms with E-state index >= 15 is 0 Å². The third-order valence-electron chi connectivity index (χ3n) is 2.20. The molecule has 0 N–H and O–H groups in total. The monoisotopic (exact) mass is 357 g/mol. The topological polar surface area (TPSA) is 41.6 Å². The first kappa shape index (κ1) is 12.3. The van der Waals surface area contributed by atoms with Gasteiger partial charge in [-0.25, -0.2) is 4.39 Å². The number of aromatic nitrogens is 2. The minimum Gasteiger partial charge on any atom is -0.253 e. The van der Waals surface area contributed by atoms with E-state index in [9.17, 15) is 4.39 Å². The summed E-state index contributed by atoms with van der Waals surface area (Å²) in [6.45, 7) is 0.271. The lowest BCUT2D eigenvalue weighted by molar-refractivity contribution is 0.580. The molecule has 17 heavy (non-hydrogen) atoms. The summed E-state index contributed by atoms with van der Waals surface area (Å²) >= 11 is 6.55. The van der Waals surface area contributed by atoms with Crippen LogP contribution in [0, 0.1) is 17.1 Å². The maximum atomic E-state index is 13.6. The molecule has 0 aliphatic carbocycles. The van der Waals surface area contributed by atoms with Gasteiger partial charge in [-0.1, -0.05) is 0 Å². The maximum absolute atomic E-state index is 13.6. The lowest BCUT2D eigenvalue weighted by Crippen LogP contribution is -2.04. The molecule has 0 radical (unpaired) electrons. The van der Waals surface area contributed by atoms with E-state index in [1.165, 1.54) is 18.2 Å². The van der Waals surface area contributed by atoms with Gasteiger partial charge in [0.15, 0.2) is 0 Å². The van der Waals surface area contributed by atoms with Crippen LogP contribution in [-0.4, -0.2) is 9.78 Å². The van der Waals surface area contributed by atoms with Crippen molar-refractivity contribution < 1.29 is 4.39 Å². The van der Waals surface area contributed by atoms with Crippen molar-refractivity contribution in [1.29, 1.82) is 5.26 Å². The highest BCUT2D eigenvalue weighted by atomic mass is 79.9. The lowest BCUT2D eigenvalue weighted by Gasteiger charge is -2.05. The van der Waals surface area contributed by atoms with Gasteiger partial charge in [-0.3, -0.25) is 4.68 Å². The van der Waals surface area contributed by atoms with Crippen molar-refractivity contribution in [2.45, 2.75) is 6.54 Å². The van der Waals surface area contributed by atoms with Gasteiger partial charge in [-0.05, 0) is 50.1 Å². The molecule has 2 rings (SSSR count). The number of hydrogen-bond acceptors (Lipinski definition) is 2. The van der Waals surface area contributed by atoms with Crippen molar-refractivity contribution in [3.05, 3.63) is 50.4 Å². The molecule has 86 valence electrons. The van der Waals surface area contributed by atoms with Crippen LogP contribution in [0.5, 0.6) is 0 Å². The van der Waals surface area contributed by atoms with Gasteiger partial charge < -0.3 is 0 Å². The van der Waals surface area contributed by atoms with Gasteiger partial charge in [0.1, 0.15) is 15.0 Å². The first-order chi connectivity index (χ1) is 8.10. The zero-order valence-corrected chi connectivity index (χ0v) is 11.7. The Hall–Kier alpha value is -1.19. The van der Waals surface area contributed by atoms with Gasteiger partial charge in [0, 0.05) is 11.6 Å². The second-order valence-corrected chi connectivity index (χ2v) is 4.99. The molecule has 0 spiro atoms. The summed E-state index contributed by atoms with van der Waals surface area (Å²) < 4.78 is 16.6. The molecule has 0 aliphatic rings. The number of hydrogen-bond donors (Lipinski definition) is 0. The Morgan fingerprint density at radius 1 is 1.35 bits per heavy atom. The van der Waals surface area contributed by atoms with Crippen LogP contribution in [0.25, 0.3) is 0 Å². The fourth-order valence-corrected chi connectivity index (χ4v) is 2.54. The Labute approximate surface area is 114 Å². The van der Waals surface area contributed by atoms with Crippen molar-refractivity contribution in [1.82, 2.24) is 9.78 Å². The third-order valence-corrected chi connectivity index (χ3v) is 3.22. The molecule has 3 nitrogen and oxygen atoms in total. The van der Waals surface area contributed by atoms with Crippen LogP contribution >= 0.6 is 31.9 Å². The molecule has 1 aromatic carbocycles. The zero-order chi connectivity index (χ0) is 12.4. The Bertz CT molecular complexity index is 601. The number of nitrogens with zero attached hydrogens (tertiary/aromatic N) is 3. The molecule has 1 heterocycles. The van der Waals surface area contributed by atoms with Gasteiger partial charge in [0.2, 0.25) is 0 Å². The van der Waals surface area contributed by atoms with Crippen molar-refractivity contribution in [3.63, 3.8) is 0 Å². The number of rotatable bonds is 2. The zero-order valence-electron chi connectivity index (χ0n) is 8.49. The van der Waals surface area contributed by atoms with Crippen LogP contribution in [0.1, 0.15) is 11.1 Å². The second-order valence-electron chi connectivity index (χ2n) is 3.37. The van der Waals surface area contributed by atoms with E-state index in [1.807, 2.05) is 6.07 Å². The molecule has 0 unspecified atom stereocenters. The van der Waals surface area contributed by atoms with Crippen molar-refractivity contribution in [2.75, 3.05) is 0 Å². The Morgan fingerprint density at radius 2 is 2.12 bits per heavy atom.